The van der Waals surface area contributed by atoms with Crippen molar-refractivity contribution >= 4 is 23.2 Å². The van der Waals surface area contributed by atoms with Crippen molar-refractivity contribution < 1.29 is 9.90 Å². The van der Waals surface area contributed by atoms with Crippen LogP contribution >= 0.6 is 11.6 Å². The summed E-state index contributed by atoms with van der Waals surface area (Å²) in [5, 5.41) is 11.8. The van der Waals surface area contributed by atoms with E-state index in [2.05, 4.69) is 5.32 Å². The third kappa shape index (κ3) is 3.42. The Morgan fingerprint density at radius 3 is 2.80 bits per heavy atom. The molecular weight excluding hydrogens is 216 g/mol. The second kappa shape index (κ2) is 5.00. The minimum absolute atomic E-state index is 0.109. The summed E-state index contributed by atoms with van der Waals surface area (Å²) >= 11 is 5.76. The number of aliphatic hydroxyl groups excluding tert-OH is 1. The van der Waals surface area contributed by atoms with Crippen LogP contribution < -0.4 is 11.1 Å². The maximum Gasteiger partial charge on any atom is 0.251 e. The molecule has 0 spiro atoms. The molecule has 15 heavy (non-hydrogen) atoms. The number of carbonyl (C=O) groups is 1. The maximum absolute atomic E-state index is 11.6. The van der Waals surface area contributed by atoms with Crippen LogP contribution in [0.25, 0.3) is 0 Å². The van der Waals surface area contributed by atoms with Gasteiger partial charge in [-0.1, -0.05) is 11.6 Å². The second-order valence-electron chi connectivity index (χ2n) is 3.33. The summed E-state index contributed by atoms with van der Waals surface area (Å²) in [5.41, 5.74) is 6.37. The number of hydrogen-bond donors (Lipinski definition) is 3. The third-order valence-electron chi connectivity index (χ3n) is 1.83. The second-order valence-corrected chi connectivity index (χ2v) is 3.77. The number of aliphatic hydroxyl groups is 1. The summed E-state index contributed by atoms with van der Waals surface area (Å²) in [4.78, 5) is 11.6. The van der Waals surface area contributed by atoms with Gasteiger partial charge < -0.3 is 16.2 Å². The van der Waals surface area contributed by atoms with Crippen LogP contribution in [0.1, 0.15) is 17.3 Å². The van der Waals surface area contributed by atoms with Gasteiger partial charge in [0.05, 0.1) is 6.61 Å². The largest absolute Gasteiger partial charge is 0.399 e. The predicted molar refractivity (Wildman–Crippen MR) is 59.9 cm³/mol. The Balaban J connectivity index is 2.82. The number of nitrogens with one attached hydrogen (secondary N) is 1. The zero-order valence-electron chi connectivity index (χ0n) is 8.33. The van der Waals surface area contributed by atoms with Crippen LogP contribution in [0.4, 0.5) is 5.69 Å². The molecule has 0 radical (unpaired) electrons. The Hall–Kier alpha value is -1.26. The molecule has 0 aliphatic heterocycles. The molecule has 0 bridgehead atoms. The van der Waals surface area contributed by atoms with Crippen molar-refractivity contribution in [3.05, 3.63) is 28.8 Å². The molecule has 0 aliphatic carbocycles. The number of amides is 1. The highest BCUT2D eigenvalue weighted by Gasteiger charge is 2.09. The van der Waals surface area contributed by atoms with E-state index in [-0.39, 0.29) is 18.6 Å². The van der Waals surface area contributed by atoms with E-state index in [1.165, 1.54) is 12.1 Å². The summed E-state index contributed by atoms with van der Waals surface area (Å²) < 4.78 is 0. The monoisotopic (exact) mass is 228 g/mol. The fraction of sp³-hybridized carbons (Fsp3) is 0.300. The number of hydrogen-bond acceptors (Lipinski definition) is 3. The van der Waals surface area contributed by atoms with Crippen LogP contribution in [0.2, 0.25) is 5.02 Å². The first-order valence-corrected chi connectivity index (χ1v) is 4.88. The van der Waals surface area contributed by atoms with Gasteiger partial charge in [-0.3, -0.25) is 4.79 Å². The highest BCUT2D eigenvalue weighted by Crippen LogP contribution is 2.16. The molecule has 0 aromatic heterocycles. The Kier molecular flexibility index (Phi) is 3.94. The van der Waals surface area contributed by atoms with E-state index in [0.717, 1.165) is 0 Å². The van der Waals surface area contributed by atoms with E-state index < -0.39 is 0 Å². The Morgan fingerprint density at radius 1 is 1.60 bits per heavy atom. The molecule has 0 saturated heterocycles. The van der Waals surface area contributed by atoms with Crippen molar-refractivity contribution in [2.75, 3.05) is 12.3 Å². The van der Waals surface area contributed by atoms with Crippen molar-refractivity contribution in [1.29, 1.82) is 0 Å². The summed E-state index contributed by atoms with van der Waals surface area (Å²) in [6, 6.07) is 4.33. The smallest absolute Gasteiger partial charge is 0.251 e. The SMILES string of the molecule is CC(CO)NC(=O)c1cc(N)cc(Cl)c1. The van der Waals surface area contributed by atoms with Crippen LogP contribution in [-0.4, -0.2) is 23.7 Å². The number of benzene rings is 1. The summed E-state index contributed by atoms with van der Waals surface area (Å²) in [5.74, 6) is -0.300. The van der Waals surface area contributed by atoms with Gasteiger partial charge in [-0.15, -0.1) is 0 Å². The highest BCUT2D eigenvalue weighted by atomic mass is 35.5. The third-order valence-corrected chi connectivity index (χ3v) is 2.05. The number of halogens is 1. The van der Waals surface area contributed by atoms with E-state index in [0.29, 0.717) is 16.3 Å². The minimum Gasteiger partial charge on any atom is -0.399 e. The molecule has 1 atom stereocenters. The zero-order chi connectivity index (χ0) is 11.4. The van der Waals surface area contributed by atoms with Gasteiger partial charge in [0, 0.05) is 22.3 Å². The quantitative estimate of drug-likeness (QED) is 0.677. The average molecular weight is 229 g/mol. The van der Waals surface area contributed by atoms with Gasteiger partial charge >= 0.3 is 0 Å². The van der Waals surface area contributed by atoms with E-state index in [1.54, 1.807) is 13.0 Å². The molecule has 5 heteroatoms. The van der Waals surface area contributed by atoms with Gasteiger partial charge in [-0.25, -0.2) is 0 Å². The van der Waals surface area contributed by atoms with Crippen molar-refractivity contribution in [2.45, 2.75) is 13.0 Å². The zero-order valence-corrected chi connectivity index (χ0v) is 9.08. The summed E-state index contributed by atoms with van der Waals surface area (Å²) in [6.07, 6.45) is 0. The average Bonchev–Trinajstić information content (AvgIpc) is 2.16. The van der Waals surface area contributed by atoms with Gasteiger partial charge in [0.25, 0.3) is 5.91 Å². The number of carbonyl (C=O) groups excluding carboxylic acids is 1. The fourth-order valence-electron chi connectivity index (χ4n) is 1.10. The van der Waals surface area contributed by atoms with Gasteiger partial charge in [0.1, 0.15) is 0 Å². The summed E-state index contributed by atoms with van der Waals surface area (Å²) in [6.45, 7) is 1.59. The lowest BCUT2D eigenvalue weighted by molar-refractivity contribution is 0.0922. The first-order valence-electron chi connectivity index (χ1n) is 4.50. The van der Waals surface area contributed by atoms with Gasteiger partial charge in [0.2, 0.25) is 0 Å². The van der Waals surface area contributed by atoms with Crippen molar-refractivity contribution in [2.24, 2.45) is 0 Å². The molecule has 1 amide bonds. The van der Waals surface area contributed by atoms with E-state index in [4.69, 9.17) is 22.4 Å². The van der Waals surface area contributed by atoms with E-state index in [1.807, 2.05) is 0 Å². The molecule has 82 valence electrons. The van der Waals surface area contributed by atoms with E-state index >= 15 is 0 Å². The Labute approximate surface area is 93.0 Å². The molecule has 1 aromatic carbocycles. The molecule has 4 N–H and O–H groups in total. The Bertz CT molecular complexity index is 348. The molecule has 1 aromatic rings. The first kappa shape index (κ1) is 11.8. The highest BCUT2D eigenvalue weighted by molar-refractivity contribution is 6.31. The number of anilines is 1. The lowest BCUT2D eigenvalue weighted by Gasteiger charge is -2.11. The van der Waals surface area contributed by atoms with Crippen LogP contribution in [-0.2, 0) is 0 Å². The molecule has 0 saturated carbocycles. The topological polar surface area (TPSA) is 75.3 Å². The van der Waals surface area contributed by atoms with Crippen LogP contribution in [0, 0.1) is 0 Å². The molecule has 0 aliphatic rings. The van der Waals surface area contributed by atoms with Crippen molar-refractivity contribution in [1.82, 2.24) is 5.32 Å². The molecule has 0 fully saturated rings. The fourth-order valence-corrected chi connectivity index (χ4v) is 1.34. The van der Waals surface area contributed by atoms with Gasteiger partial charge in [-0.2, -0.15) is 0 Å². The van der Waals surface area contributed by atoms with Crippen LogP contribution in [0.5, 0.6) is 0 Å². The molecule has 1 unspecified atom stereocenters. The first-order chi connectivity index (χ1) is 7.02. The minimum atomic E-state index is -0.300. The predicted octanol–water partition coefficient (Wildman–Crippen LogP) is 1.03. The molecule has 1 rings (SSSR count). The number of nitrogen functional groups attached to an aromatic ring is 1. The number of rotatable bonds is 3. The lowest BCUT2D eigenvalue weighted by atomic mass is 10.2. The standard InChI is InChI=1S/C10H13ClN2O2/c1-6(5-14)13-10(15)7-2-8(11)4-9(12)3-7/h2-4,6,14H,5,12H2,1H3,(H,13,15). The van der Waals surface area contributed by atoms with E-state index in [9.17, 15) is 4.79 Å². The summed E-state index contributed by atoms with van der Waals surface area (Å²) in [7, 11) is 0. The van der Waals surface area contributed by atoms with Crippen molar-refractivity contribution in [3.8, 4) is 0 Å². The lowest BCUT2D eigenvalue weighted by Crippen LogP contribution is -2.35. The molecular formula is C10H13ClN2O2. The van der Waals surface area contributed by atoms with Crippen molar-refractivity contribution in [3.63, 3.8) is 0 Å². The number of nitrogens with two attached hydrogens (primary N) is 1. The maximum atomic E-state index is 11.6. The Morgan fingerprint density at radius 2 is 2.27 bits per heavy atom. The molecule has 4 nitrogen and oxygen atoms in total. The van der Waals surface area contributed by atoms with Crippen LogP contribution in [0.3, 0.4) is 0 Å². The molecule has 0 heterocycles. The van der Waals surface area contributed by atoms with Crippen LogP contribution in [0.15, 0.2) is 18.2 Å². The van der Waals surface area contributed by atoms with Gasteiger partial charge in [-0.05, 0) is 25.1 Å². The normalized spacial score (nSPS) is 12.2. The van der Waals surface area contributed by atoms with Gasteiger partial charge in [0.15, 0.2) is 0 Å².